The number of carbonyl (C=O) groups is 1. The molecule has 0 aromatic heterocycles. The molecule has 2 bridgehead atoms. The van der Waals surface area contributed by atoms with Gasteiger partial charge in [-0.25, -0.2) is 4.79 Å². The molecule has 2 heterocycles. The van der Waals surface area contributed by atoms with Gasteiger partial charge in [-0.2, -0.15) is 0 Å². The predicted octanol–water partition coefficient (Wildman–Crippen LogP) is 3.14. The van der Waals surface area contributed by atoms with E-state index >= 15 is 0 Å². The van der Waals surface area contributed by atoms with E-state index in [0.29, 0.717) is 19.4 Å². The summed E-state index contributed by atoms with van der Waals surface area (Å²) in [5.41, 5.74) is 1.07. The maximum atomic E-state index is 12.5. The summed E-state index contributed by atoms with van der Waals surface area (Å²) in [7, 11) is 0. The number of hydrogen-bond donors (Lipinski definition) is 0. The van der Waals surface area contributed by atoms with Gasteiger partial charge in [-0.3, -0.25) is 0 Å². The Morgan fingerprint density at radius 3 is 2.38 bits per heavy atom. The lowest BCUT2D eigenvalue weighted by molar-refractivity contribution is -0.165. The van der Waals surface area contributed by atoms with E-state index < -0.39 is 11.9 Å². The molecule has 3 fully saturated rings. The first kappa shape index (κ1) is 16.0. The Bertz CT molecular complexity index is 793. The van der Waals surface area contributed by atoms with Crippen LogP contribution in [0.4, 0.5) is 0 Å². The molecule has 0 spiro atoms. The largest absolute Gasteiger partial charge is 0.457 e. The van der Waals surface area contributed by atoms with Crippen molar-refractivity contribution in [3.63, 3.8) is 0 Å². The quantitative estimate of drug-likeness (QED) is 0.791. The second kappa shape index (κ2) is 6.20. The molecule has 0 N–H and O–H groups in total. The van der Waals surface area contributed by atoms with Crippen LogP contribution in [-0.2, 0) is 30.3 Å². The first-order valence-electron chi connectivity index (χ1n) is 8.98. The zero-order chi connectivity index (χ0) is 17.6. The van der Waals surface area contributed by atoms with E-state index in [0.717, 1.165) is 11.1 Å². The van der Waals surface area contributed by atoms with Gasteiger partial charge in [0, 0.05) is 18.4 Å². The van der Waals surface area contributed by atoms with Crippen LogP contribution in [0.1, 0.15) is 30.3 Å². The molecule has 0 amide bonds. The van der Waals surface area contributed by atoms with Crippen molar-refractivity contribution in [1.29, 1.82) is 0 Å². The molecule has 26 heavy (non-hydrogen) atoms. The fourth-order valence-corrected chi connectivity index (χ4v) is 4.10. The molecule has 2 aromatic rings. The summed E-state index contributed by atoms with van der Waals surface area (Å²) in [5.74, 6) is -0.295. The van der Waals surface area contributed by atoms with Gasteiger partial charge in [0.25, 0.3) is 0 Å². The average molecular weight is 352 g/mol. The van der Waals surface area contributed by atoms with Gasteiger partial charge in [0.1, 0.15) is 12.2 Å². The lowest BCUT2D eigenvalue weighted by atomic mass is 9.82. The molecule has 2 aromatic carbocycles. The predicted molar refractivity (Wildman–Crippen MR) is 92.0 cm³/mol. The lowest BCUT2D eigenvalue weighted by Crippen LogP contribution is -2.48. The van der Waals surface area contributed by atoms with E-state index in [1.165, 1.54) is 0 Å². The molecule has 5 nitrogen and oxygen atoms in total. The normalized spacial score (nSPS) is 35.2. The number of fused-ring (bicyclic) bond motifs is 4. The Morgan fingerprint density at radius 2 is 1.62 bits per heavy atom. The van der Waals surface area contributed by atoms with E-state index in [4.69, 9.17) is 18.9 Å². The number of benzene rings is 2. The molecular formula is C21H20O5. The molecule has 2 saturated heterocycles. The van der Waals surface area contributed by atoms with E-state index in [2.05, 4.69) is 0 Å². The van der Waals surface area contributed by atoms with Gasteiger partial charge in [-0.15, -0.1) is 0 Å². The average Bonchev–Trinajstić information content (AvgIpc) is 3.23. The highest BCUT2D eigenvalue weighted by Crippen LogP contribution is 2.48. The van der Waals surface area contributed by atoms with E-state index in [1.54, 1.807) is 0 Å². The third-order valence-electron chi connectivity index (χ3n) is 5.43. The fourth-order valence-electron chi connectivity index (χ4n) is 4.10. The van der Waals surface area contributed by atoms with Crippen LogP contribution in [0.25, 0.3) is 0 Å². The lowest BCUT2D eigenvalue weighted by Gasteiger charge is -2.33. The topological polar surface area (TPSA) is 54.0 Å². The fraction of sp³-hybridized carbons (Fsp3) is 0.381. The Labute approximate surface area is 151 Å². The van der Waals surface area contributed by atoms with Gasteiger partial charge in [0.05, 0.1) is 12.7 Å². The molecule has 134 valence electrons. The second-order valence-electron chi connectivity index (χ2n) is 7.14. The minimum atomic E-state index is -0.934. The Morgan fingerprint density at radius 1 is 0.923 bits per heavy atom. The first-order valence-corrected chi connectivity index (χ1v) is 8.98. The third-order valence-corrected chi connectivity index (χ3v) is 5.43. The van der Waals surface area contributed by atoms with Crippen molar-refractivity contribution in [1.82, 2.24) is 0 Å². The van der Waals surface area contributed by atoms with Crippen LogP contribution in [0.15, 0.2) is 60.7 Å². The minimum Gasteiger partial charge on any atom is -0.457 e. The van der Waals surface area contributed by atoms with Gasteiger partial charge in [-0.1, -0.05) is 60.7 Å². The highest BCUT2D eigenvalue weighted by molar-refractivity contribution is 5.82. The molecule has 3 aliphatic rings. The van der Waals surface area contributed by atoms with Crippen LogP contribution in [0.5, 0.6) is 0 Å². The van der Waals surface area contributed by atoms with Crippen LogP contribution in [-0.4, -0.2) is 29.9 Å². The van der Waals surface area contributed by atoms with Crippen molar-refractivity contribution in [2.75, 3.05) is 0 Å². The van der Waals surface area contributed by atoms with Crippen molar-refractivity contribution in [2.45, 2.75) is 49.7 Å². The van der Waals surface area contributed by atoms with Gasteiger partial charge >= 0.3 is 5.97 Å². The number of hydrogen-bond acceptors (Lipinski definition) is 5. The number of ether oxygens (including phenoxy) is 4. The molecule has 2 aliphatic heterocycles. The molecule has 5 atom stereocenters. The Hall–Kier alpha value is -2.21. The van der Waals surface area contributed by atoms with Crippen molar-refractivity contribution in [3.05, 3.63) is 71.8 Å². The van der Waals surface area contributed by atoms with Crippen LogP contribution < -0.4 is 0 Å². The van der Waals surface area contributed by atoms with Crippen molar-refractivity contribution < 1.29 is 23.7 Å². The molecule has 1 saturated carbocycles. The zero-order valence-electron chi connectivity index (χ0n) is 14.2. The molecule has 5 heteroatoms. The summed E-state index contributed by atoms with van der Waals surface area (Å²) in [6.07, 6.45) is -0.198. The maximum Gasteiger partial charge on any atom is 0.339 e. The Balaban J connectivity index is 1.33. The summed E-state index contributed by atoms with van der Waals surface area (Å²) in [6.45, 7) is 0.378. The summed E-state index contributed by atoms with van der Waals surface area (Å²) < 4.78 is 23.9. The summed E-state index contributed by atoms with van der Waals surface area (Å²) in [6, 6.07) is 19.7. The standard InChI is InChI=1S/C21H20O5/c22-20-21(23-13-14-7-3-1-4-8-14)11-16-18(17(12-21)25-20)26-19(24-16)15-9-5-2-6-10-15/h1-10,16-19H,11-13H2/t16-,17-,18-,19?,21+/m1/s1. The van der Waals surface area contributed by atoms with Gasteiger partial charge in [-0.05, 0) is 5.56 Å². The molecule has 5 rings (SSSR count). The van der Waals surface area contributed by atoms with Gasteiger partial charge in [0.2, 0.25) is 0 Å². The van der Waals surface area contributed by atoms with Crippen LogP contribution in [0.2, 0.25) is 0 Å². The van der Waals surface area contributed by atoms with E-state index in [-0.39, 0.29) is 24.3 Å². The third kappa shape index (κ3) is 2.63. The molecule has 1 unspecified atom stereocenters. The number of esters is 1. The van der Waals surface area contributed by atoms with Gasteiger partial charge < -0.3 is 18.9 Å². The Kier molecular flexibility index (Phi) is 3.81. The van der Waals surface area contributed by atoms with Crippen LogP contribution in [0, 0.1) is 0 Å². The first-order chi connectivity index (χ1) is 12.7. The van der Waals surface area contributed by atoms with Crippen molar-refractivity contribution >= 4 is 5.97 Å². The van der Waals surface area contributed by atoms with Crippen molar-refractivity contribution in [2.24, 2.45) is 0 Å². The van der Waals surface area contributed by atoms with Crippen molar-refractivity contribution in [3.8, 4) is 0 Å². The zero-order valence-corrected chi connectivity index (χ0v) is 14.2. The monoisotopic (exact) mass is 352 g/mol. The maximum absolute atomic E-state index is 12.5. The second-order valence-corrected chi connectivity index (χ2v) is 7.14. The van der Waals surface area contributed by atoms with E-state index in [1.807, 2.05) is 60.7 Å². The highest BCUT2D eigenvalue weighted by atomic mass is 16.7. The summed E-state index contributed by atoms with van der Waals surface area (Å²) >= 11 is 0. The molecular weight excluding hydrogens is 332 g/mol. The number of carbonyl (C=O) groups excluding carboxylic acids is 1. The van der Waals surface area contributed by atoms with Gasteiger partial charge in [0.15, 0.2) is 11.9 Å². The molecule has 0 radical (unpaired) electrons. The van der Waals surface area contributed by atoms with E-state index in [9.17, 15) is 4.79 Å². The van der Waals surface area contributed by atoms with Crippen LogP contribution in [0.3, 0.4) is 0 Å². The SMILES string of the molecule is O=C1O[C@@H]2C[C@@]1(OCc1ccccc1)C[C@H]1OC(c3ccccc3)O[C@@H]21. The highest BCUT2D eigenvalue weighted by Gasteiger charge is 2.63. The van der Waals surface area contributed by atoms with Crippen LogP contribution >= 0.6 is 0 Å². The minimum absolute atomic E-state index is 0.207. The summed E-state index contributed by atoms with van der Waals surface area (Å²) in [4.78, 5) is 12.5. The smallest absolute Gasteiger partial charge is 0.339 e. The summed E-state index contributed by atoms with van der Waals surface area (Å²) in [5, 5.41) is 0. The molecule has 1 aliphatic carbocycles. The number of rotatable bonds is 4.